The third-order valence-electron chi connectivity index (χ3n) is 5.99. The average molecular weight is 520 g/mol. The molecule has 0 spiro atoms. The molecule has 3 unspecified atom stereocenters. The van der Waals surface area contributed by atoms with Gasteiger partial charge in [-0.1, -0.05) is 33.8 Å². The predicted octanol–water partition coefficient (Wildman–Crippen LogP) is 5.47. The maximum Gasteiger partial charge on any atom is 0.408 e. The fourth-order valence-electron chi connectivity index (χ4n) is 4.07. The van der Waals surface area contributed by atoms with Crippen LogP contribution in [0.1, 0.15) is 99.2 Å². The number of hydrogen-bond donors (Lipinski definition) is 3. The van der Waals surface area contributed by atoms with Crippen molar-refractivity contribution in [3.05, 3.63) is 29.3 Å². The Labute approximate surface area is 223 Å². The van der Waals surface area contributed by atoms with Crippen molar-refractivity contribution in [1.82, 2.24) is 15.5 Å². The van der Waals surface area contributed by atoms with Gasteiger partial charge in [0.25, 0.3) is 0 Å². The third-order valence-corrected chi connectivity index (χ3v) is 5.99. The topological polar surface area (TPSA) is 108 Å². The summed E-state index contributed by atoms with van der Waals surface area (Å²) >= 11 is 0. The molecule has 0 radical (unpaired) electrons. The Morgan fingerprint density at radius 1 is 0.973 bits per heavy atom. The molecule has 0 saturated carbocycles. The molecule has 0 saturated heterocycles. The van der Waals surface area contributed by atoms with E-state index in [1.807, 2.05) is 34.6 Å². The van der Waals surface area contributed by atoms with Crippen LogP contribution in [0.5, 0.6) is 5.75 Å². The first-order valence-corrected chi connectivity index (χ1v) is 13.4. The van der Waals surface area contributed by atoms with Crippen LogP contribution in [-0.4, -0.2) is 51.6 Å². The molecule has 0 heterocycles. The number of benzene rings is 1. The molecular formula is C29H49N3O5. The molecule has 1 aromatic carbocycles. The number of amides is 3. The zero-order valence-corrected chi connectivity index (χ0v) is 24.6. The molecule has 210 valence electrons. The van der Waals surface area contributed by atoms with E-state index >= 15 is 0 Å². The van der Waals surface area contributed by atoms with Gasteiger partial charge in [0.05, 0.1) is 0 Å². The molecule has 0 bridgehead atoms. The Morgan fingerprint density at radius 2 is 1.57 bits per heavy atom. The van der Waals surface area contributed by atoms with E-state index in [9.17, 15) is 19.5 Å². The van der Waals surface area contributed by atoms with Crippen molar-refractivity contribution >= 4 is 17.9 Å². The molecule has 0 fully saturated rings. The van der Waals surface area contributed by atoms with Gasteiger partial charge in [-0.3, -0.25) is 9.59 Å². The molecule has 37 heavy (non-hydrogen) atoms. The van der Waals surface area contributed by atoms with E-state index in [0.29, 0.717) is 23.5 Å². The van der Waals surface area contributed by atoms with Crippen LogP contribution >= 0.6 is 0 Å². The van der Waals surface area contributed by atoms with E-state index in [2.05, 4.69) is 24.5 Å². The standard InChI is InChI=1S/C29H49N3O5/c1-17(2)12-13-21(8)32(27(35)24(18(3)4)31-28(36)37-29(9,10)11)25(26(34)30-19(5)6)22-14-15-23(33)20(7)16-22/h14-19,21,24-25,33H,12-13H2,1-11H3,(H,30,34)(H,31,36). The van der Waals surface area contributed by atoms with E-state index in [1.54, 1.807) is 50.8 Å². The van der Waals surface area contributed by atoms with Crippen LogP contribution in [0.25, 0.3) is 0 Å². The van der Waals surface area contributed by atoms with Gasteiger partial charge in [0.1, 0.15) is 23.4 Å². The molecule has 1 rings (SSSR count). The number of nitrogens with zero attached hydrogens (tertiary/aromatic N) is 1. The summed E-state index contributed by atoms with van der Waals surface area (Å²) in [7, 11) is 0. The van der Waals surface area contributed by atoms with Crippen molar-refractivity contribution in [3.8, 4) is 5.75 Å². The number of phenols is 1. The van der Waals surface area contributed by atoms with Gasteiger partial charge in [0.2, 0.25) is 11.8 Å². The highest BCUT2D eigenvalue weighted by molar-refractivity contribution is 5.92. The first-order chi connectivity index (χ1) is 16.9. The number of nitrogens with one attached hydrogen (secondary N) is 2. The smallest absolute Gasteiger partial charge is 0.408 e. The number of aryl methyl sites for hydroxylation is 1. The fourth-order valence-corrected chi connectivity index (χ4v) is 4.07. The second-order valence-electron chi connectivity index (χ2n) is 12.0. The van der Waals surface area contributed by atoms with Gasteiger partial charge >= 0.3 is 6.09 Å². The lowest BCUT2D eigenvalue weighted by Crippen LogP contribution is -2.57. The predicted molar refractivity (Wildman–Crippen MR) is 147 cm³/mol. The zero-order chi connectivity index (χ0) is 28.7. The highest BCUT2D eigenvalue weighted by Gasteiger charge is 2.40. The van der Waals surface area contributed by atoms with E-state index in [0.717, 1.165) is 6.42 Å². The molecule has 3 atom stereocenters. The number of rotatable bonds is 11. The fraction of sp³-hybridized carbons (Fsp3) is 0.690. The number of phenolic OH excluding ortho intramolecular Hbond substituents is 1. The van der Waals surface area contributed by atoms with Crippen molar-refractivity contribution in [3.63, 3.8) is 0 Å². The van der Waals surface area contributed by atoms with Crippen LogP contribution in [0.15, 0.2) is 18.2 Å². The van der Waals surface area contributed by atoms with Crippen LogP contribution in [0.2, 0.25) is 0 Å². The Balaban J connectivity index is 3.64. The summed E-state index contributed by atoms with van der Waals surface area (Å²) in [5, 5.41) is 15.8. The molecular weight excluding hydrogens is 470 g/mol. The van der Waals surface area contributed by atoms with E-state index in [-0.39, 0.29) is 35.6 Å². The van der Waals surface area contributed by atoms with Crippen LogP contribution < -0.4 is 10.6 Å². The Morgan fingerprint density at radius 3 is 2.03 bits per heavy atom. The summed E-state index contributed by atoms with van der Waals surface area (Å²) in [6.45, 7) is 20.7. The second-order valence-corrected chi connectivity index (χ2v) is 12.0. The largest absolute Gasteiger partial charge is 0.508 e. The maximum atomic E-state index is 14.3. The van der Waals surface area contributed by atoms with E-state index < -0.39 is 23.8 Å². The Bertz CT molecular complexity index is 921. The molecule has 0 aromatic heterocycles. The summed E-state index contributed by atoms with van der Waals surface area (Å²) < 4.78 is 5.43. The van der Waals surface area contributed by atoms with Gasteiger partial charge in [-0.25, -0.2) is 4.79 Å². The van der Waals surface area contributed by atoms with Gasteiger partial charge in [-0.2, -0.15) is 0 Å². The normalized spacial score (nSPS) is 14.3. The van der Waals surface area contributed by atoms with Crippen LogP contribution in [-0.2, 0) is 14.3 Å². The van der Waals surface area contributed by atoms with Crippen molar-refractivity contribution in [2.45, 2.75) is 119 Å². The van der Waals surface area contributed by atoms with Crippen LogP contribution in [0, 0.1) is 18.8 Å². The third kappa shape index (κ3) is 10.3. The Kier molecular flexibility index (Phi) is 11.9. The molecule has 0 aliphatic heterocycles. The van der Waals surface area contributed by atoms with Gasteiger partial charge in [-0.05, 0) is 96.4 Å². The van der Waals surface area contributed by atoms with Gasteiger partial charge in [-0.15, -0.1) is 0 Å². The summed E-state index contributed by atoms with van der Waals surface area (Å²) in [4.78, 5) is 42.2. The first-order valence-electron chi connectivity index (χ1n) is 13.4. The number of ether oxygens (including phenoxy) is 1. The number of carbonyl (C=O) groups excluding carboxylic acids is 3. The number of carbonyl (C=O) groups is 3. The van der Waals surface area contributed by atoms with Crippen LogP contribution in [0.3, 0.4) is 0 Å². The highest BCUT2D eigenvalue weighted by atomic mass is 16.6. The first kappa shape index (κ1) is 32.3. The molecule has 8 nitrogen and oxygen atoms in total. The lowest BCUT2D eigenvalue weighted by molar-refractivity contribution is -0.146. The monoisotopic (exact) mass is 519 g/mol. The Hall–Kier alpha value is -2.77. The molecule has 1 aromatic rings. The molecule has 0 aliphatic rings. The SMILES string of the molecule is Cc1cc(C(C(=O)NC(C)C)N(C(=O)C(NC(=O)OC(C)(C)C)C(C)C)C(C)CCC(C)C)ccc1O. The van der Waals surface area contributed by atoms with Gasteiger partial charge in [0.15, 0.2) is 0 Å². The molecule has 8 heteroatoms. The minimum absolute atomic E-state index is 0.115. The van der Waals surface area contributed by atoms with Crippen molar-refractivity contribution in [1.29, 1.82) is 0 Å². The van der Waals surface area contributed by atoms with E-state index in [4.69, 9.17) is 4.74 Å². The second kappa shape index (κ2) is 13.7. The maximum absolute atomic E-state index is 14.3. The summed E-state index contributed by atoms with van der Waals surface area (Å²) in [6.07, 6.45) is 0.866. The quantitative estimate of drug-likeness (QED) is 0.359. The van der Waals surface area contributed by atoms with Crippen LogP contribution in [0.4, 0.5) is 4.79 Å². The number of hydrogen-bond acceptors (Lipinski definition) is 5. The average Bonchev–Trinajstić information content (AvgIpc) is 2.73. The minimum Gasteiger partial charge on any atom is -0.508 e. The van der Waals surface area contributed by atoms with Crippen molar-refractivity contribution < 1.29 is 24.2 Å². The highest BCUT2D eigenvalue weighted by Crippen LogP contribution is 2.31. The van der Waals surface area contributed by atoms with Gasteiger partial charge < -0.3 is 25.4 Å². The van der Waals surface area contributed by atoms with Gasteiger partial charge in [0, 0.05) is 12.1 Å². The molecule has 3 amide bonds. The molecule has 3 N–H and O–H groups in total. The lowest BCUT2D eigenvalue weighted by atomic mass is 9.94. The summed E-state index contributed by atoms with van der Waals surface area (Å²) in [5.41, 5.74) is 0.481. The molecule has 0 aliphatic carbocycles. The minimum atomic E-state index is -0.946. The number of aromatic hydroxyl groups is 1. The number of alkyl carbamates (subject to hydrolysis) is 1. The van der Waals surface area contributed by atoms with Crippen molar-refractivity contribution in [2.24, 2.45) is 11.8 Å². The summed E-state index contributed by atoms with van der Waals surface area (Å²) in [6, 6.07) is 2.67. The summed E-state index contributed by atoms with van der Waals surface area (Å²) in [5.74, 6) is -0.394. The van der Waals surface area contributed by atoms with Crippen molar-refractivity contribution in [2.75, 3.05) is 0 Å². The lowest BCUT2D eigenvalue weighted by Gasteiger charge is -2.40. The van der Waals surface area contributed by atoms with E-state index in [1.165, 1.54) is 0 Å². The zero-order valence-electron chi connectivity index (χ0n) is 24.6.